The van der Waals surface area contributed by atoms with Gasteiger partial charge in [0.15, 0.2) is 5.11 Å². The predicted octanol–water partition coefficient (Wildman–Crippen LogP) is 2.48. The maximum Gasteiger partial charge on any atom is 0.255 e. The fraction of sp³-hybridized carbons (Fsp3) is 0.133. The summed E-state index contributed by atoms with van der Waals surface area (Å²) in [7, 11) is 0. The Morgan fingerprint density at radius 2 is 2.00 bits per heavy atom. The molecule has 1 aromatic heterocycles. The lowest BCUT2D eigenvalue weighted by atomic mass is 10.2. The summed E-state index contributed by atoms with van der Waals surface area (Å²) in [5.74, 6) is 1.25. The SMILES string of the molecule is CC1NC(=S)N(c2cccc(Oc3ccncc3)c2)C1=O. The number of carbonyl (C=O) groups excluding carboxylic acids is 1. The van der Waals surface area contributed by atoms with Crippen LogP contribution in [0.4, 0.5) is 5.69 Å². The van der Waals surface area contributed by atoms with Crippen LogP contribution in [0.15, 0.2) is 48.8 Å². The molecule has 0 aliphatic carbocycles. The molecule has 0 bridgehead atoms. The number of aromatic nitrogens is 1. The van der Waals surface area contributed by atoms with E-state index in [-0.39, 0.29) is 11.9 Å². The minimum absolute atomic E-state index is 0.0685. The van der Waals surface area contributed by atoms with Crippen LogP contribution in [0.2, 0.25) is 0 Å². The van der Waals surface area contributed by atoms with E-state index in [2.05, 4.69) is 10.3 Å². The molecule has 0 spiro atoms. The normalized spacial score (nSPS) is 17.8. The molecular weight excluding hydrogens is 286 g/mol. The number of ether oxygens (including phenoxy) is 1. The van der Waals surface area contributed by atoms with E-state index in [9.17, 15) is 4.79 Å². The lowest BCUT2D eigenvalue weighted by molar-refractivity contribution is -0.117. The molecule has 1 fully saturated rings. The van der Waals surface area contributed by atoms with Crippen molar-refractivity contribution in [3.8, 4) is 11.5 Å². The first kappa shape index (κ1) is 13.5. The third-order valence-electron chi connectivity index (χ3n) is 3.10. The molecule has 0 radical (unpaired) electrons. The molecule has 2 heterocycles. The lowest BCUT2D eigenvalue weighted by Crippen LogP contribution is -2.30. The fourth-order valence-electron chi connectivity index (χ4n) is 2.08. The van der Waals surface area contributed by atoms with Gasteiger partial charge >= 0.3 is 0 Å². The molecular formula is C15H13N3O2S. The smallest absolute Gasteiger partial charge is 0.255 e. The zero-order valence-electron chi connectivity index (χ0n) is 11.3. The molecule has 1 aliphatic rings. The van der Waals surface area contributed by atoms with Gasteiger partial charge in [-0.15, -0.1) is 0 Å². The zero-order valence-corrected chi connectivity index (χ0v) is 12.1. The number of amides is 1. The van der Waals surface area contributed by atoms with Crippen molar-refractivity contribution in [3.63, 3.8) is 0 Å². The first-order chi connectivity index (χ1) is 10.1. The largest absolute Gasteiger partial charge is 0.457 e. The third kappa shape index (κ3) is 2.71. The van der Waals surface area contributed by atoms with Crippen molar-refractivity contribution < 1.29 is 9.53 Å². The Labute approximate surface area is 127 Å². The summed E-state index contributed by atoms with van der Waals surface area (Å²) in [6.45, 7) is 1.78. The summed E-state index contributed by atoms with van der Waals surface area (Å²) in [5, 5.41) is 3.35. The zero-order chi connectivity index (χ0) is 14.8. The molecule has 21 heavy (non-hydrogen) atoms. The van der Waals surface area contributed by atoms with Crippen LogP contribution in [0.3, 0.4) is 0 Å². The number of benzene rings is 1. The van der Waals surface area contributed by atoms with Crippen LogP contribution in [0.1, 0.15) is 6.92 Å². The average molecular weight is 299 g/mol. The van der Waals surface area contributed by atoms with E-state index in [1.165, 1.54) is 4.90 Å². The topological polar surface area (TPSA) is 54.5 Å². The van der Waals surface area contributed by atoms with Gasteiger partial charge in [0.2, 0.25) is 0 Å². The maximum atomic E-state index is 12.1. The Morgan fingerprint density at radius 3 is 2.67 bits per heavy atom. The van der Waals surface area contributed by atoms with Crippen molar-refractivity contribution >= 4 is 28.9 Å². The van der Waals surface area contributed by atoms with Gasteiger partial charge in [0.05, 0.1) is 5.69 Å². The molecule has 1 amide bonds. The first-order valence-corrected chi connectivity index (χ1v) is 6.88. The molecule has 2 aromatic rings. The Hall–Kier alpha value is -2.47. The van der Waals surface area contributed by atoms with E-state index in [0.29, 0.717) is 22.3 Å². The Balaban J connectivity index is 1.87. The Kier molecular flexibility index (Phi) is 3.53. The molecule has 1 unspecified atom stereocenters. The Bertz CT molecular complexity index is 690. The molecule has 0 saturated carbocycles. The van der Waals surface area contributed by atoms with Crippen LogP contribution < -0.4 is 15.0 Å². The van der Waals surface area contributed by atoms with Gasteiger partial charge in [0.25, 0.3) is 5.91 Å². The van der Waals surface area contributed by atoms with E-state index in [4.69, 9.17) is 17.0 Å². The standard InChI is InChI=1S/C15H13N3O2S/c1-10-14(19)18(15(21)17-10)11-3-2-4-13(9-11)20-12-5-7-16-8-6-12/h2-10H,1H3,(H,17,21). The average Bonchev–Trinajstić information content (AvgIpc) is 2.73. The molecule has 1 aliphatic heterocycles. The summed E-state index contributed by atoms with van der Waals surface area (Å²) >= 11 is 5.19. The summed E-state index contributed by atoms with van der Waals surface area (Å²) in [4.78, 5) is 17.5. The van der Waals surface area contributed by atoms with E-state index < -0.39 is 0 Å². The molecule has 1 saturated heterocycles. The highest BCUT2D eigenvalue weighted by molar-refractivity contribution is 7.80. The van der Waals surface area contributed by atoms with Gasteiger partial charge in [-0.1, -0.05) is 6.07 Å². The van der Waals surface area contributed by atoms with Crippen molar-refractivity contribution in [2.45, 2.75) is 13.0 Å². The van der Waals surface area contributed by atoms with E-state index in [0.717, 1.165) is 0 Å². The molecule has 1 aromatic carbocycles. The van der Waals surface area contributed by atoms with E-state index in [1.54, 1.807) is 37.5 Å². The number of rotatable bonds is 3. The fourth-order valence-corrected chi connectivity index (χ4v) is 2.45. The summed E-state index contributed by atoms with van der Waals surface area (Å²) in [6.07, 6.45) is 3.31. The highest BCUT2D eigenvalue weighted by Gasteiger charge is 2.33. The number of anilines is 1. The molecule has 1 N–H and O–H groups in total. The van der Waals surface area contributed by atoms with E-state index >= 15 is 0 Å². The molecule has 1 atom stereocenters. The van der Waals surface area contributed by atoms with Gasteiger partial charge in [-0.2, -0.15) is 0 Å². The highest BCUT2D eigenvalue weighted by atomic mass is 32.1. The van der Waals surface area contributed by atoms with Gasteiger partial charge in [-0.05, 0) is 43.4 Å². The van der Waals surface area contributed by atoms with Gasteiger partial charge in [-0.3, -0.25) is 14.7 Å². The van der Waals surface area contributed by atoms with Gasteiger partial charge in [0, 0.05) is 18.5 Å². The Morgan fingerprint density at radius 1 is 1.24 bits per heavy atom. The quantitative estimate of drug-likeness (QED) is 0.883. The van der Waals surface area contributed by atoms with Crippen LogP contribution in [0.25, 0.3) is 0 Å². The predicted molar refractivity (Wildman–Crippen MR) is 83.4 cm³/mol. The minimum Gasteiger partial charge on any atom is -0.457 e. The number of hydrogen-bond acceptors (Lipinski definition) is 4. The van der Waals surface area contributed by atoms with Gasteiger partial charge in [-0.25, -0.2) is 0 Å². The molecule has 3 rings (SSSR count). The second kappa shape index (κ2) is 5.49. The lowest BCUT2D eigenvalue weighted by Gasteiger charge is -2.16. The maximum absolute atomic E-state index is 12.1. The minimum atomic E-state index is -0.303. The summed E-state index contributed by atoms with van der Waals surface area (Å²) < 4.78 is 5.73. The molecule has 6 heteroatoms. The monoisotopic (exact) mass is 299 g/mol. The van der Waals surface area contributed by atoms with Crippen molar-refractivity contribution in [2.75, 3.05) is 4.90 Å². The number of thiocarbonyl (C=S) groups is 1. The highest BCUT2D eigenvalue weighted by Crippen LogP contribution is 2.27. The van der Waals surface area contributed by atoms with Crippen molar-refractivity contribution in [2.24, 2.45) is 0 Å². The third-order valence-corrected chi connectivity index (χ3v) is 3.40. The first-order valence-electron chi connectivity index (χ1n) is 6.47. The van der Waals surface area contributed by atoms with Crippen LogP contribution in [-0.4, -0.2) is 22.0 Å². The van der Waals surface area contributed by atoms with Crippen molar-refractivity contribution in [1.82, 2.24) is 10.3 Å². The second-order valence-corrected chi connectivity index (χ2v) is 5.01. The molecule has 106 valence electrons. The summed E-state index contributed by atoms with van der Waals surface area (Å²) in [5.41, 5.74) is 0.688. The van der Waals surface area contributed by atoms with Crippen LogP contribution in [0, 0.1) is 0 Å². The van der Waals surface area contributed by atoms with Gasteiger partial charge < -0.3 is 10.1 Å². The number of hydrogen-bond donors (Lipinski definition) is 1. The molecule has 5 nitrogen and oxygen atoms in total. The number of carbonyl (C=O) groups is 1. The second-order valence-electron chi connectivity index (χ2n) is 4.63. The van der Waals surface area contributed by atoms with Crippen LogP contribution in [0.5, 0.6) is 11.5 Å². The number of pyridine rings is 1. The van der Waals surface area contributed by atoms with Crippen LogP contribution >= 0.6 is 12.2 Å². The van der Waals surface area contributed by atoms with E-state index in [1.807, 2.05) is 18.2 Å². The summed E-state index contributed by atoms with van der Waals surface area (Å²) in [6, 6.07) is 10.5. The van der Waals surface area contributed by atoms with Crippen molar-refractivity contribution in [1.29, 1.82) is 0 Å². The van der Waals surface area contributed by atoms with Crippen LogP contribution in [-0.2, 0) is 4.79 Å². The number of nitrogens with zero attached hydrogens (tertiary/aromatic N) is 2. The number of nitrogens with one attached hydrogen (secondary N) is 1. The van der Waals surface area contributed by atoms with Gasteiger partial charge in [0.1, 0.15) is 17.5 Å². The van der Waals surface area contributed by atoms with Crippen molar-refractivity contribution in [3.05, 3.63) is 48.8 Å².